The normalized spacial score (nSPS) is 25.7. The van der Waals surface area contributed by atoms with Crippen molar-refractivity contribution in [3.8, 4) is 11.1 Å². The third kappa shape index (κ3) is 8.21. The SMILES string of the molecule is CC(=O)NC1CCC(N(C)c2cc(-c3ccc(CN4CCOCC4)nc3)cc(C(=O)NCC3C(=O)NC(C)CC3C)c2C)CC1. The molecule has 3 unspecified atom stereocenters. The first-order valence-corrected chi connectivity index (χ1v) is 16.6. The highest BCUT2D eigenvalue weighted by Crippen LogP contribution is 2.34. The molecule has 2 saturated heterocycles. The summed E-state index contributed by atoms with van der Waals surface area (Å²) in [6.45, 7) is 12.1. The van der Waals surface area contributed by atoms with E-state index in [1.807, 2.05) is 26.1 Å². The topological polar surface area (TPSA) is 116 Å². The molecule has 1 aromatic carbocycles. The van der Waals surface area contributed by atoms with Crippen molar-refractivity contribution in [2.75, 3.05) is 44.8 Å². The molecule has 3 N–H and O–H groups in total. The van der Waals surface area contributed by atoms with Gasteiger partial charge in [-0.25, -0.2) is 0 Å². The number of ether oxygens (including phenoxy) is 1. The molecular formula is C35H50N6O4. The van der Waals surface area contributed by atoms with E-state index in [-0.39, 0.29) is 41.6 Å². The van der Waals surface area contributed by atoms with Gasteiger partial charge < -0.3 is 25.6 Å². The second kappa shape index (κ2) is 14.7. The van der Waals surface area contributed by atoms with E-state index >= 15 is 0 Å². The highest BCUT2D eigenvalue weighted by molar-refractivity contribution is 5.99. The number of hydrogen-bond donors (Lipinski definition) is 3. The minimum Gasteiger partial charge on any atom is -0.379 e. The van der Waals surface area contributed by atoms with Crippen molar-refractivity contribution in [2.45, 2.75) is 84.5 Å². The average Bonchev–Trinajstić information content (AvgIpc) is 3.01. The molecule has 244 valence electrons. The van der Waals surface area contributed by atoms with Crippen LogP contribution in [0.15, 0.2) is 30.5 Å². The first-order valence-electron chi connectivity index (χ1n) is 16.6. The molecule has 3 amide bonds. The van der Waals surface area contributed by atoms with Gasteiger partial charge >= 0.3 is 0 Å². The molecule has 10 nitrogen and oxygen atoms in total. The summed E-state index contributed by atoms with van der Waals surface area (Å²) in [4.78, 5) is 47.6. The molecule has 3 atom stereocenters. The monoisotopic (exact) mass is 618 g/mol. The zero-order valence-corrected chi connectivity index (χ0v) is 27.5. The predicted octanol–water partition coefficient (Wildman–Crippen LogP) is 3.66. The number of anilines is 1. The third-order valence-electron chi connectivity index (χ3n) is 9.92. The standard InChI is InChI=1S/C35H50N6O4/c1-22-16-23(2)38-35(44)32(22)20-37-34(43)31-17-27(26-6-7-29(36-19-26)21-41-12-14-45-15-13-41)18-33(24(31)3)40(5)30-10-8-28(9-11-30)39-25(4)42/h6-7,17-19,22-23,28,30,32H,8-16,20-21H2,1-5H3,(H,37,43)(H,38,44)(H,39,42). The lowest BCUT2D eigenvalue weighted by molar-refractivity contribution is -0.129. The fourth-order valence-electron chi connectivity index (χ4n) is 7.22. The highest BCUT2D eigenvalue weighted by Gasteiger charge is 2.33. The fraction of sp³-hybridized carbons (Fsp3) is 0.600. The lowest BCUT2D eigenvalue weighted by Crippen LogP contribution is -2.50. The Bertz CT molecular complexity index is 1350. The summed E-state index contributed by atoms with van der Waals surface area (Å²) in [6.07, 6.45) is 6.56. The Balaban J connectivity index is 1.39. The maximum absolute atomic E-state index is 13.8. The number of aromatic nitrogens is 1. The summed E-state index contributed by atoms with van der Waals surface area (Å²) >= 11 is 0. The number of carbonyl (C=O) groups excluding carboxylic acids is 3. The number of rotatable bonds is 9. The Hall–Kier alpha value is -3.50. The molecule has 3 fully saturated rings. The molecule has 0 bridgehead atoms. The molecule has 3 heterocycles. The number of amides is 3. The van der Waals surface area contributed by atoms with Gasteiger partial charge in [-0.1, -0.05) is 13.0 Å². The van der Waals surface area contributed by atoms with Crippen LogP contribution in [0.25, 0.3) is 11.1 Å². The van der Waals surface area contributed by atoms with E-state index in [0.717, 1.165) is 93.0 Å². The van der Waals surface area contributed by atoms with Gasteiger partial charge in [0.25, 0.3) is 5.91 Å². The Morgan fingerprint density at radius 2 is 1.82 bits per heavy atom. The van der Waals surface area contributed by atoms with Crippen LogP contribution in [0, 0.1) is 18.8 Å². The van der Waals surface area contributed by atoms with Crippen LogP contribution in [0.1, 0.15) is 74.5 Å². The van der Waals surface area contributed by atoms with Gasteiger partial charge in [-0.15, -0.1) is 0 Å². The summed E-state index contributed by atoms with van der Waals surface area (Å²) in [5.41, 5.74) is 5.42. The van der Waals surface area contributed by atoms with Crippen LogP contribution in [-0.2, 0) is 20.9 Å². The molecule has 0 spiro atoms. The molecule has 45 heavy (non-hydrogen) atoms. The van der Waals surface area contributed by atoms with Gasteiger partial charge in [0, 0.05) is 81.3 Å². The van der Waals surface area contributed by atoms with Crippen molar-refractivity contribution < 1.29 is 19.1 Å². The van der Waals surface area contributed by atoms with Crippen LogP contribution in [0.2, 0.25) is 0 Å². The summed E-state index contributed by atoms with van der Waals surface area (Å²) in [7, 11) is 2.11. The zero-order chi connectivity index (χ0) is 32.1. The van der Waals surface area contributed by atoms with Crippen LogP contribution >= 0.6 is 0 Å². The average molecular weight is 619 g/mol. The summed E-state index contributed by atoms with van der Waals surface area (Å²) in [5, 5.41) is 9.20. The van der Waals surface area contributed by atoms with Gasteiger partial charge in [-0.3, -0.25) is 24.3 Å². The number of pyridine rings is 1. The molecular weight excluding hydrogens is 568 g/mol. The van der Waals surface area contributed by atoms with Crippen LogP contribution in [0.5, 0.6) is 0 Å². The highest BCUT2D eigenvalue weighted by atomic mass is 16.5. The molecule has 1 aromatic heterocycles. The molecule has 10 heteroatoms. The van der Waals surface area contributed by atoms with Crippen molar-refractivity contribution in [2.24, 2.45) is 11.8 Å². The van der Waals surface area contributed by atoms with Gasteiger partial charge in [0.15, 0.2) is 0 Å². The number of piperidine rings is 1. The quantitative estimate of drug-likeness (QED) is 0.393. The van der Waals surface area contributed by atoms with Crippen LogP contribution in [0.4, 0.5) is 5.69 Å². The maximum Gasteiger partial charge on any atom is 0.251 e. The second-order valence-electron chi connectivity index (χ2n) is 13.4. The maximum atomic E-state index is 13.8. The minimum atomic E-state index is -0.252. The fourth-order valence-corrected chi connectivity index (χ4v) is 7.22. The van der Waals surface area contributed by atoms with Crippen molar-refractivity contribution in [1.82, 2.24) is 25.8 Å². The van der Waals surface area contributed by atoms with Crippen molar-refractivity contribution >= 4 is 23.4 Å². The van der Waals surface area contributed by atoms with E-state index in [2.05, 4.69) is 57.9 Å². The van der Waals surface area contributed by atoms with Crippen molar-refractivity contribution in [3.05, 3.63) is 47.3 Å². The third-order valence-corrected chi connectivity index (χ3v) is 9.92. The summed E-state index contributed by atoms with van der Waals surface area (Å²) < 4.78 is 5.48. The van der Waals surface area contributed by atoms with Gasteiger partial charge in [-0.05, 0) is 81.2 Å². The second-order valence-corrected chi connectivity index (χ2v) is 13.4. The first-order chi connectivity index (χ1) is 21.6. The number of morpholine rings is 1. The van der Waals surface area contributed by atoms with E-state index in [0.29, 0.717) is 18.2 Å². The first kappa shape index (κ1) is 32.9. The van der Waals surface area contributed by atoms with Gasteiger partial charge in [0.2, 0.25) is 11.8 Å². The van der Waals surface area contributed by atoms with Crippen LogP contribution in [-0.4, -0.2) is 85.6 Å². The predicted molar refractivity (Wildman–Crippen MR) is 176 cm³/mol. The summed E-state index contributed by atoms with van der Waals surface area (Å²) in [5.74, 6) is -0.208. The molecule has 1 aliphatic carbocycles. The van der Waals surface area contributed by atoms with E-state index in [1.54, 1.807) is 6.92 Å². The van der Waals surface area contributed by atoms with Gasteiger partial charge in [-0.2, -0.15) is 0 Å². The van der Waals surface area contributed by atoms with Gasteiger partial charge in [0.1, 0.15) is 0 Å². The summed E-state index contributed by atoms with van der Waals surface area (Å²) in [6, 6.07) is 8.95. The molecule has 2 aliphatic heterocycles. The van der Waals surface area contributed by atoms with E-state index in [1.165, 1.54) is 0 Å². The lowest BCUT2D eigenvalue weighted by Gasteiger charge is -2.37. The molecule has 5 rings (SSSR count). The zero-order valence-electron chi connectivity index (χ0n) is 27.5. The largest absolute Gasteiger partial charge is 0.379 e. The van der Waals surface area contributed by atoms with Crippen LogP contribution in [0.3, 0.4) is 0 Å². The molecule has 0 radical (unpaired) electrons. The molecule has 3 aliphatic rings. The van der Waals surface area contributed by atoms with E-state index in [9.17, 15) is 14.4 Å². The van der Waals surface area contributed by atoms with E-state index < -0.39 is 0 Å². The van der Waals surface area contributed by atoms with E-state index in [4.69, 9.17) is 9.72 Å². The smallest absolute Gasteiger partial charge is 0.251 e. The Morgan fingerprint density at radius 1 is 1.09 bits per heavy atom. The molecule has 2 aromatic rings. The number of hydrogen-bond acceptors (Lipinski definition) is 7. The minimum absolute atomic E-state index is 0.00514. The Kier molecular flexibility index (Phi) is 10.8. The number of nitrogens with zero attached hydrogens (tertiary/aromatic N) is 3. The molecule has 1 saturated carbocycles. The lowest BCUT2D eigenvalue weighted by atomic mass is 9.84. The Morgan fingerprint density at radius 3 is 2.47 bits per heavy atom. The van der Waals surface area contributed by atoms with Crippen LogP contribution < -0.4 is 20.9 Å². The van der Waals surface area contributed by atoms with Crippen molar-refractivity contribution in [3.63, 3.8) is 0 Å². The van der Waals surface area contributed by atoms with Gasteiger partial charge in [0.05, 0.1) is 24.8 Å². The van der Waals surface area contributed by atoms with Crippen molar-refractivity contribution in [1.29, 1.82) is 0 Å². The number of carbonyl (C=O) groups is 3. The number of benzene rings is 1. The Labute approximate surface area is 267 Å². The number of nitrogens with one attached hydrogen (secondary N) is 3.